The number of fused-ring (bicyclic) bond motifs is 1. The maximum absolute atomic E-state index is 12.8. The van der Waals surface area contributed by atoms with Crippen LogP contribution in [-0.4, -0.2) is 47.4 Å². The van der Waals surface area contributed by atoms with Gasteiger partial charge in [-0.15, -0.1) is 0 Å². The molecule has 2 saturated heterocycles. The van der Waals surface area contributed by atoms with Gasteiger partial charge in [-0.2, -0.15) is 0 Å². The van der Waals surface area contributed by atoms with E-state index in [0.29, 0.717) is 12.1 Å². The van der Waals surface area contributed by atoms with Gasteiger partial charge in [-0.3, -0.25) is 9.69 Å². The molecule has 1 aromatic carbocycles. The molecule has 2 unspecified atom stereocenters. The van der Waals surface area contributed by atoms with Gasteiger partial charge in [-0.1, -0.05) is 22.4 Å². The number of nitrogens with zero attached hydrogens (tertiary/aromatic N) is 2. The maximum atomic E-state index is 12.8. The number of halogens is 1. The Morgan fingerprint density at radius 2 is 2.10 bits per heavy atom. The van der Waals surface area contributed by atoms with Crippen LogP contribution in [-0.2, 0) is 0 Å². The molecule has 4 heteroatoms. The monoisotopic (exact) mass is 350 g/mol. The fraction of sp³-hybridized carbons (Fsp3) is 0.588. The van der Waals surface area contributed by atoms with Gasteiger partial charge in [0.2, 0.25) is 0 Å². The topological polar surface area (TPSA) is 23.6 Å². The zero-order valence-electron chi connectivity index (χ0n) is 12.8. The van der Waals surface area contributed by atoms with E-state index in [1.54, 1.807) is 0 Å². The molecule has 114 valence electrons. The van der Waals surface area contributed by atoms with Crippen molar-refractivity contribution in [1.82, 2.24) is 9.80 Å². The fourth-order valence-corrected chi connectivity index (χ4v) is 3.83. The molecule has 0 N–H and O–H groups in total. The zero-order chi connectivity index (χ0) is 15.0. The van der Waals surface area contributed by atoms with Crippen molar-refractivity contribution in [2.45, 2.75) is 45.2 Å². The highest BCUT2D eigenvalue weighted by atomic mass is 79.9. The second-order valence-corrected chi connectivity index (χ2v) is 7.27. The SMILES string of the molecule is Cc1cc(C(=O)N2CC3CCCCN3CC2C)ccc1Br. The molecular formula is C17H23BrN2O. The highest BCUT2D eigenvalue weighted by Gasteiger charge is 2.35. The Balaban J connectivity index is 1.78. The average molecular weight is 351 g/mol. The standard InChI is InChI=1S/C17H23BrN2O/c1-12-9-14(6-7-16(12)18)17(21)20-11-15-5-3-4-8-19(15)10-13(20)2/h6-7,9,13,15H,3-5,8,10-11H2,1-2H3. The van der Waals surface area contributed by atoms with Gasteiger partial charge in [0, 0.05) is 35.2 Å². The van der Waals surface area contributed by atoms with Crippen LogP contribution < -0.4 is 0 Å². The number of hydrogen-bond acceptors (Lipinski definition) is 2. The number of rotatable bonds is 1. The van der Waals surface area contributed by atoms with Gasteiger partial charge in [0.15, 0.2) is 0 Å². The molecular weight excluding hydrogens is 328 g/mol. The predicted molar refractivity (Wildman–Crippen MR) is 88.6 cm³/mol. The van der Waals surface area contributed by atoms with Crippen LogP contribution in [0.15, 0.2) is 22.7 Å². The van der Waals surface area contributed by atoms with E-state index in [1.165, 1.54) is 25.8 Å². The fourth-order valence-electron chi connectivity index (χ4n) is 3.58. The van der Waals surface area contributed by atoms with Gasteiger partial charge in [-0.05, 0) is 57.0 Å². The number of benzene rings is 1. The van der Waals surface area contributed by atoms with Crippen LogP contribution in [0.4, 0.5) is 0 Å². The molecule has 3 nitrogen and oxygen atoms in total. The van der Waals surface area contributed by atoms with Crippen LogP contribution >= 0.6 is 15.9 Å². The minimum atomic E-state index is 0.184. The van der Waals surface area contributed by atoms with Crippen LogP contribution in [0.1, 0.15) is 42.1 Å². The van der Waals surface area contributed by atoms with E-state index in [-0.39, 0.29) is 5.91 Å². The molecule has 0 radical (unpaired) electrons. The van der Waals surface area contributed by atoms with Gasteiger partial charge in [0.25, 0.3) is 5.91 Å². The molecule has 2 aliphatic heterocycles. The molecule has 0 aromatic heterocycles. The quantitative estimate of drug-likeness (QED) is 0.774. The molecule has 3 rings (SSSR count). The number of hydrogen-bond donors (Lipinski definition) is 0. The molecule has 1 aromatic rings. The van der Waals surface area contributed by atoms with E-state index in [9.17, 15) is 4.79 Å². The predicted octanol–water partition coefficient (Wildman–Crippen LogP) is 3.46. The number of carbonyl (C=O) groups excluding carboxylic acids is 1. The smallest absolute Gasteiger partial charge is 0.254 e. The second kappa shape index (κ2) is 6.09. The summed E-state index contributed by atoms with van der Waals surface area (Å²) in [5.41, 5.74) is 1.93. The van der Waals surface area contributed by atoms with Crippen molar-refractivity contribution >= 4 is 21.8 Å². The summed E-state index contributed by atoms with van der Waals surface area (Å²) in [5, 5.41) is 0. The summed E-state index contributed by atoms with van der Waals surface area (Å²) in [6, 6.07) is 6.77. The molecule has 0 saturated carbocycles. The summed E-state index contributed by atoms with van der Waals surface area (Å²) in [4.78, 5) is 17.5. The van der Waals surface area contributed by atoms with Gasteiger partial charge >= 0.3 is 0 Å². The summed E-state index contributed by atoms with van der Waals surface area (Å²) in [5.74, 6) is 0.184. The van der Waals surface area contributed by atoms with Crippen LogP contribution in [0.5, 0.6) is 0 Å². The first-order chi connectivity index (χ1) is 10.1. The first-order valence-corrected chi connectivity index (χ1v) is 8.66. The number of piperidine rings is 1. The lowest BCUT2D eigenvalue weighted by Crippen LogP contribution is -2.60. The van der Waals surface area contributed by atoms with Crippen LogP contribution in [0.2, 0.25) is 0 Å². The zero-order valence-corrected chi connectivity index (χ0v) is 14.4. The van der Waals surface area contributed by atoms with Gasteiger partial charge in [0.05, 0.1) is 0 Å². The van der Waals surface area contributed by atoms with Crippen LogP contribution in [0.25, 0.3) is 0 Å². The summed E-state index contributed by atoms with van der Waals surface area (Å²) < 4.78 is 1.06. The third-order valence-corrected chi connectivity index (χ3v) is 5.74. The van der Waals surface area contributed by atoms with Gasteiger partial charge in [-0.25, -0.2) is 0 Å². The van der Waals surface area contributed by atoms with Gasteiger partial charge in [0.1, 0.15) is 0 Å². The van der Waals surface area contributed by atoms with Gasteiger partial charge < -0.3 is 4.90 Å². The summed E-state index contributed by atoms with van der Waals surface area (Å²) in [6.45, 7) is 7.31. The highest BCUT2D eigenvalue weighted by Crippen LogP contribution is 2.26. The van der Waals surface area contributed by atoms with E-state index in [2.05, 4.69) is 32.7 Å². The molecule has 0 spiro atoms. The lowest BCUT2D eigenvalue weighted by atomic mass is 9.96. The number of amides is 1. The van der Waals surface area contributed by atoms with Crippen molar-refractivity contribution in [3.63, 3.8) is 0 Å². The van der Waals surface area contributed by atoms with Crippen molar-refractivity contribution in [2.24, 2.45) is 0 Å². The van der Waals surface area contributed by atoms with Crippen molar-refractivity contribution in [3.05, 3.63) is 33.8 Å². The van der Waals surface area contributed by atoms with Crippen molar-refractivity contribution < 1.29 is 4.79 Å². The Labute approximate surface area is 135 Å². The highest BCUT2D eigenvalue weighted by molar-refractivity contribution is 9.10. The van der Waals surface area contributed by atoms with E-state index in [0.717, 1.165) is 28.7 Å². The van der Waals surface area contributed by atoms with Crippen LogP contribution in [0.3, 0.4) is 0 Å². The minimum absolute atomic E-state index is 0.184. The Kier molecular flexibility index (Phi) is 4.36. The Bertz CT molecular complexity index is 546. The minimum Gasteiger partial charge on any atom is -0.333 e. The van der Waals surface area contributed by atoms with Crippen molar-refractivity contribution in [1.29, 1.82) is 0 Å². The molecule has 2 fully saturated rings. The second-order valence-electron chi connectivity index (χ2n) is 6.42. The summed E-state index contributed by atoms with van der Waals surface area (Å²) in [6.07, 6.45) is 3.84. The molecule has 21 heavy (non-hydrogen) atoms. The first-order valence-electron chi connectivity index (χ1n) is 7.87. The normalized spacial score (nSPS) is 26.5. The number of carbonyl (C=O) groups is 1. The van der Waals surface area contributed by atoms with Crippen molar-refractivity contribution in [2.75, 3.05) is 19.6 Å². The molecule has 2 atom stereocenters. The van der Waals surface area contributed by atoms with E-state index < -0.39 is 0 Å². The largest absolute Gasteiger partial charge is 0.333 e. The van der Waals surface area contributed by atoms with E-state index in [1.807, 2.05) is 25.1 Å². The Hall–Kier alpha value is -0.870. The third kappa shape index (κ3) is 3.02. The lowest BCUT2D eigenvalue weighted by molar-refractivity contribution is 0.0151. The van der Waals surface area contributed by atoms with E-state index >= 15 is 0 Å². The first kappa shape index (κ1) is 15.0. The molecule has 0 bridgehead atoms. The molecule has 2 heterocycles. The Morgan fingerprint density at radius 3 is 2.86 bits per heavy atom. The molecule has 0 aliphatic carbocycles. The molecule has 1 amide bonds. The van der Waals surface area contributed by atoms with Crippen LogP contribution in [0, 0.1) is 6.92 Å². The van der Waals surface area contributed by atoms with Crippen molar-refractivity contribution in [3.8, 4) is 0 Å². The molecule has 2 aliphatic rings. The van der Waals surface area contributed by atoms with E-state index in [4.69, 9.17) is 0 Å². The number of aryl methyl sites for hydroxylation is 1. The lowest BCUT2D eigenvalue weighted by Gasteiger charge is -2.47. The maximum Gasteiger partial charge on any atom is 0.254 e. The number of piperazine rings is 1. The third-order valence-electron chi connectivity index (χ3n) is 4.85. The Morgan fingerprint density at radius 1 is 1.29 bits per heavy atom. The summed E-state index contributed by atoms with van der Waals surface area (Å²) >= 11 is 3.50. The average Bonchev–Trinajstić information content (AvgIpc) is 2.48. The summed E-state index contributed by atoms with van der Waals surface area (Å²) in [7, 11) is 0.